The standard InChI is InChI=1S/C14H17N3O4/c1-8(2)12(13(18)19)17-14(20)16-10-5-4-9(7-15)6-11(10)21-3/h4-6,8,12H,1-3H3,(H,18,19)(H2,16,17,20)/t12-/m0/s1. The van der Waals surface area contributed by atoms with Gasteiger partial charge < -0.3 is 20.5 Å². The van der Waals surface area contributed by atoms with Crippen molar-refractivity contribution in [2.24, 2.45) is 5.92 Å². The molecule has 7 nitrogen and oxygen atoms in total. The van der Waals surface area contributed by atoms with E-state index in [1.165, 1.54) is 25.3 Å². The van der Waals surface area contributed by atoms with Crippen molar-refractivity contribution in [3.05, 3.63) is 23.8 Å². The number of ether oxygens (including phenoxy) is 1. The van der Waals surface area contributed by atoms with Crippen LogP contribution in [0.5, 0.6) is 5.75 Å². The van der Waals surface area contributed by atoms with E-state index in [9.17, 15) is 9.59 Å². The highest BCUT2D eigenvalue weighted by atomic mass is 16.5. The molecule has 0 aromatic heterocycles. The lowest BCUT2D eigenvalue weighted by Gasteiger charge is -2.18. The number of nitriles is 1. The smallest absolute Gasteiger partial charge is 0.326 e. The zero-order valence-electron chi connectivity index (χ0n) is 12.0. The fourth-order valence-electron chi connectivity index (χ4n) is 1.68. The van der Waals surface area contributed by atoms with Gasteiger partial charge in [-0.25, -0.2) is 9.59 Å². The number of benzene rings is 1. The van der Waals surface area contributed by atoms with E-state index in [1.54, 1.807) is 13.8 Å². The molecule has 0 saturated heterocycles. The number of methoxy groups -OCH3 is 1. The van der Waals surface area contributed by atoms with Crippen molar-refractivity contribution in [2.45, 2.75) is 19.9 Å². The Bertz CT molecular complexity index is 578. The molecule has 0 spiro atoms. The van der Waals surface area contributed by atoms with E-state index in [0.29, 0.717) is 17.0 Å². The molecule has 0 bridgehead atoms. The number of rotatable bonds is 5. The molecule has 1 aromatic carbocycles. The number of aliphatic carboxylic acids is 1. The molecule has 1 atom stereocenters. The molecule has 0 saturated carbocycles. The monoisotopic (exact) mass is 291 g/mol. The van der Waals surface area contributed by atoms with Crippen LogP contribution >= 0.6 is 0 Å². The van der Waals surface area contributed by atoms with Crippen LogP contribution < -0.4 is 15.4 Å². The van der Waals surface area contributed by atoms with Crippen LogP contribution in [-0.2, 0) is 4.79 Å². The first kappa shape index (κ1) is 16.3. The van der Waals surface area contributed by atoms with Gasteiger partial charge in [-0.15, -0.1) is 0 Å². The van der Waals surface area contributed by atoms with Crippen molar-refractivity contribution in [2.75, 3.05) is 12.4 Å². The Morgan fingerprint density at radius 3 is 2.52 bits per heavy atom. The number of carbonyl (C=O) groups is 2. The Balaban J connectivity index is 2.84. The van der Waals surface area contributed by atoms with Gasteiger partial charge in [-0.3, -0.25) is 0 Å². The van der Waals surface area contributed by atoms with Gasteiger partial charge in [-0.2, -0.15) is 5.26 Å². The third-order valence-electron chi connectivity index (χ3n) is 2.80. The molecule has 0 aliphatic rings. The number of hydrogen-bond donors (Lipinski definition) is 3. The van der Waals surface area contributed by atoms with Gasteiger partial charge in [-0.05, 0) is 18.1 Å². The van der Waals surface area contributed by atoms with Gasteiger partial charge in [0.2, 0.25) is 0 Å². The van der Waals surface area contributed by atoms with Gasteiger partial charge in [0.25, 0.3) is 0 Å². The Kier molecular flexibility index (Phi) is 5.55. The number of nitrogens with zero attached hydrogens (tertiary/aromatic N) is 1. The molecular weight excluding hydrogens is 274 g/mol. The summed E-state index contributed by atoms with van der Waals surface area (Å²) >= 11 is 0. The molecule has 7 heteroatoms. The summed E-state index contributed by atoms with van der Waals surface area (Å²) in [5.41, 5.74) is 0.741. The summed E-state index contributed by atoms with van der Waals surface area (Å²) in [5.74, 6) is -1.04. The molecule has 3 N–H and O–H groups in total. The van der Waals surface area contributed by atoms with Crippen molar-refractivity contribution in [1.82, 2.24) is 5.32 Å². The largest absolute Gasteiger partial charge is 0.495 e. The van der Waals surface area contributed by atoms with E-state index in [0.717, 1.165) is 0 Å². The zero-order chi connectivity index (χ0) is 16.0. The maximum absolute atomic E-state index is 11.8. The Morgan fingerprint density at radius 1 is 1.38 bits per heavy atom. The average molecular weight is 291 g/mol. The number of carboxylic acids is 1. The summed E-state index contributed by atoms with van der Waals surface area (Å²) in [5, 5.41) is 22.7. The van der Waals surface area contributed by atoms with Gasteiger partial charge >= 0.3 is 12.0 Å². The third kappa shape index (κ3) is 4.38. The quantitative estimate of drug-likeness (QED) is 0.765. The highest BCUT2D eigenvalue weighted by molar-refractivity contribution is 5.93. The molecule has 1 rings (SSSR count). The molecule has 0 aliphatic heterocycles. The number of carboxylic acid groups (broad SMARTS) is 1. The van der Waals surface area contributed by atoms with E-state index in [-0.39, 0.29) is 5.92 Å². The van der Waals surface area contributed by atoms with E-state index in [4.69, 9.17) is 15.1 Å². The van der Waals surface area contributed by atoms with Gasteiger partial charge in [0.05, 0.1) is 24.4 Å². The summed E-state index contributed by atoms with van der Waals surface area (Å²) in [7, 11) is 1.41. The second-order valence-corrected chi connectivity index (χ2v) is 4.69. The highest BCUT2D eigenvalue weighted by Crippen LogP contribution is 2.25. The second kappa shape index (κ2) is 7.14. The lowest BCUT2D eigenvalue weighted by atomic mass is 10.1. The molecule has 0 aliphatic carbocycles. The fourth-order valence-corrected chi connectivity index (χ4v) is 1.68. The summed E-state index contributed by atoms with van der Waals surface area (Å²) < 4.78 is 5.08. The van der Waals surface area contributed by atoms with Crippen molar-refractivity contribution < 1.29 is 19.4 Å². The lowest BCUT2D eigenvalue weighted by Crippen LogP contribution is -2.46. The minimum absolute atomic E-state index is 0.254. The van der Waals surface area contributed by atoms with Crippen LogP contribution in [-0.4, -0.2) is 30.3 Å². The molecule has 21 heavy (non-hydrogen) atoms. The van der Waals surface area contributed by atoms with E-state index >= 15 is 0 Å². The van der Waals surface area contributed by atoms with Crippen molar-refractivity contribution >= 4 is 17.7 Å². The average Bonchev–Trinajstić information content (AvgIpc) is 2.44. The zero-order valence-corrected chi connectivity index (χ0v) is 12.0. The predicted molar refractivity (Wildman–Crippen MR) is 76.1 cm³/mol. The first-order valence-electron chi connectivity index (χ1n) is 6.27. The molecular formula is C14H17N3O4. The van der Waals surface area contributed by atoms with E-state index in [1.807, 2.05) is 6.07 Å². The summed E-state index contributed by atoms with van der Waals surface area (Å²) in [6.07, 6.45) is 0. The minimum atomic E-state index is -1.10. The molecule has 0 heterocycles. The Morgan fingerprint density at radius 2 is 2.05 bits per heavy atom. The number of anilines is 1. The van der Waals surface area contributed by atoms with E-state index < -0.39 is 18.0 Å². The number of urea groups is 1. The highest BCUT2D eigenvalue weighted by Gasteiger charge is 2.23. The number of carbonyl (C=O) groups excluding carboxylic acids is 1. The van der Waals surface area contributed by atoms with Crippen LogP contribution in [0.15, 0.2) is 18.2 Å². The van der Waals surface area contributed by atoms with Crippen LogP contribution in [0.2, 0.25) is 0 Å². The van der Waals surface area contributed by atoms with Crippen LogP contribution in [0, 0.1) is 17.2 Å². The van der Waals surface area contributed by atoms with Gasteiger partial charge in [-0.1, -0.05) is 13.8 Å². The maximum Gasteiger partial charge on any atom is 0.326 e. The van der Waals surface area contributed by atoms with Crippen LogP contribution in [0.3, 0.4) is 0 Å². The molecule has 0 radical (unpaired) electrons. The summed E-state index contributed by atoms with van der Waals surface area (Å²) in [6, 6.07) is 4.83. The normalized spacial score (nSPS) is 11.4. The third-order valence-corrected chi connectivity index (χ3v) is 2.80. The number of amides is 2. The van der Waals surface area contributed by atoms with Crippen LogP contribution in [0.1, 0.15) is 19.4 Å². The molecule has 0 fully saturated rings. The minimum Gasteiger partial charge on any atom is -0.495 e. The SMILES string of the molecule is COc1cc(C#N)ccc1NC(=O)N[C@H](C(=O)O)C(C)C. The molecule has 1 aromatic rings. The van der Waals surface area contributed by atoms with Crippen molar-refractivity contribution in [3.63, 3.8) is 0 Å². The first-order chi connectivity index (χ1) is 9.88. The Hall–Kier alpha value is -2.75. The second-order valence-electron chi connectivity index (χ2n) is 4.69. The van der Waals surface area contributed by atoms with E-state index in [2.05, 4.69) is 10.6 Å². The van der Waals surface area contributed by atoms with Gasteiger partial charge in [0.1, 0.15) is 11.8 Å². The summed E-state index contributed by atoms with van der Waals surface area (Å²) in [6.45, 7) is 3.39. The molecule has 112 valence electrons. The topological polar surface area (TPSA) is 111 Å². The van der Waals surface area contributed by atoms with Crippen molar-refractivity contribution in [3.8, 4) is 11.8 Å². The predicted octanol–water partition coefficient (Wildman–Crippen LogP) is 1.80. The lowest BCUT2D eigenvalue weighted by molar-refractivity contribution is -0.140. The summed E-state index contributed by atoms with van der Waals surface area (Å²) in [4.78, 5) is 22.9. The van der Waals surface area contributed by atoms with Crippen molar-refractivity contribution in [1.29, 1.82) is 5.26 Å². The number of nitrogens with one attached hydrogen (secondary N) is 2. The first-order valence-corrected chi connectivity index (χ1v) is 6.27. The maximum atomic E-state index is 11.8. The Labute approximate surface area is 122 Å². The molecule has 2 amide bonds. The van der Waals surface area contributed by atoms with Crippen LogP contribution in [0.4, 0.5) is 10.5 Å². The van der Waals surface area contributed by atoms with Gasteiger partial charge in [0, 0.05) is 6.07 Å². The molecule has 0 unspecified atom stereocenters. The van der Waals surface area contributed by atoms with Crippen LogP contribution in [0.25, 0.3) is 0 Å². The fraction of sp³-hybridized carbons (Fsp3) is 0.357. The van der Waals surface area contributed by atoms with Gasteiger partial charge in [0.15, 0.2) is 0 Å². The number of hydrogen-bond acceptors (Lipinski definition) is 4.